The molecule has 148 valence electrons. The number of nitrogens with two attached hydrogens (primary N) is 1. The Morgan fingerprint density at radius 1 is 1.38 bits per heavy atom. The molecule has 0 aliphatic carbocycles. The normalized spacial score (nSPS) is 16.3. The Balaban J connectivity index is 2.05. The van der Waals surface area contributed by atoms with Crippen molar-refractivity contribution in [3.63, 3.8) is 0 Å². The zero-order valence-corrected chi connectivity index (χ0v) is 16.5. The van der Waals surface area contributed by atoms with Crippen molar-refractivity contribution in [1.29, 1.82) is 5.26 Å². The van der Waals surface area contributed by atoms with Crippen molar-refractivity contribution in [3.8, 4) is 17.2 Å². The SMILES string of the molecule is CCOC(=O)C1=C(C)OC(N)=C(C#N)C1c1ccc(-c2cnc(Cl)c(F)c2)cc1. The minimum Gasteiger partial charge on any atom is -0.463 e. The number of hydrogen-bond acceptors (Lipinski definition) is 6. The van der Waals surface area contributed by atoms with E-state index in [0.717, 1.165) is 0 Å². The van der Waals surface area contributed by atoms with Crippen LogP contribution in [0.15, 0.2) is 59.3 Å². The lowest BCUT2D eigenvalue weighted by atomic mass is 9.82. The van der Waals surface area contributed by atoms with Crippen molar-refractivity contribution in [2.24, 2.45) is 5.73 Å². The van der Waals surface area contributed by atoms with Crippen LogP contribution in [0.3, 0.4) is 0 Å². The fourth-order valence-electron chi connectivity index (χ4n) is 3.14. The van der Waals surface area contributed by atoms with Gasteiger partial charge in [-0.3, -0.25) is 0 Å². The molecule has 2 heterocycles. The molecule has 0 amide bonds. The maximum Gasteiger partial charge on any atom is 0.338 e. The van der Waals surface area contributed by atoms with Crippen LogP contribution in [-0.4, -0.2) is 17.6 Å². The molecule has 29 heavy (non-hydrogen) atoms. The minimum absolute atomic E-state index is 0.0592. The van der Waals surface area contributed by atoms with Gasteiger partial charge in [-0.15, -0.1) is 0 Å². The van der Waals surface area contributed by atoms with Gasteiger partial charge in [0, 0.05) is 11.8 Å². The number of aromatic nitrogens is 1. The van der Waals surface area contributed by atoms with Crippen LogP contribution < -0.4 is 5.73 Å². The van der Waals surface area contributed by atoms with E-state index in [2.05, 4.69) is 4.98 Å². The van der Waals surface area contributed by atoms with Gasteiger partial charge in [-0.05, 0) is 31.0 Å². The van der Waals surface area contributed by atoms with Gasteiger partial charge in [0.15, 0.2) is 11.0 Å². The molecule has 0 bridgehead atoms. The maximum atomic E-state index is 13.7. The minimum atomic E-state index is -0.734. The number of pyridine rings is 1. The highest BCUT2D eigenvalue weighted by atomic mass is 35.5. The third-order valence-corrected chi connectivity index (χ3v) is 4.75. The van der Waals surface area contributed by atoms with Gasteiger partial charge in [-0.25, -0.2) is 14.2 Å². The van der Waals surface area contributed by atoms with Gasteiger partial charge in [-0.1, -0.05) is 35.9 Å². The lowest BCUT2D eigenvalue weighted by Gasteiger charge is -2.27. The fourth-order valence-corrected chi connectivity index (χ4v) is 3.24. The van der Waals surface area contributed by atoms with Crippen molar-refractivity contribution >= 4 is 17.6 Å². The average molecular weight is 414 g/mol. The van der Waals surface area contributed by atoms with Crippen LogP contribution in [0.4, 0.5) is 4.39 Å². The summed E-state index contributed by atoms with van der Waals surface area (Å²) in [5.41, 5.74) is 8.08. The molecule has 0 radical (unpaired) electrons. The predicted molar refractivity (Wildman–Crippen MR) is 105 cm³/mol. The summed E-state index contributed by atoms with van der Waals surface area (Å²) in [4.78, 5) is 16.3. The monoisotopic (exact) mass is 413 g/mol. The molecule has 8 heteroatoms. The van der Waals surface area contributed by atoms with Crippen LogP contribution in [0.25, 0.3) is 11.1 Å². The van der Waals surface area contributed by atoms with Crippen LogP contribution in [0.5, 0.6) is 0 Å². The summed E-state index contributed by atoms with van der Waals surface area (Å²) in [7, 11) is 0. The third kappa shape index (κ3) is 3.93. The van der Waals surface area contributed by atoms with Gasteiger partial charge in [0.1, 0.15) is 17.4 Å². The van der Waals surface area contributed by atoms with E-state index < -0.39 is 17.7 Å². The fraction of sp³-hybridized carbons (Fsp3) is 0.190. The molecule has 0 saturated carbocycles. The number of halogens is 2. The summed E-state index contributed by atoms with van der Waals surface area (Å²) in [6.45, 7) is 3.46. The van der Waals surface area contributed by atoms with E-state index in [0.29, 0.717) is 16.7 Å². The highest BCUT2D eigenvalue weighted by molar-refractivity contribution is 6.29. The molecule has 1 unspecified atom stereocenters. The van der Waals surface area contributed by atoms with Crippen molar-refractivity contribution in [1.82, 2.24) is 4.98 Å². The number of benzene rings is 1. The molecule has 0 fully saturated rings. The van der Waals surface area contributed by atoms with Crippen molar-refractivity contribution in [2.45, 2.75) is 19.8 Å². The summed E-state index contributed by atoms with van der Waals surface area (Å²) in [5.74, 6) is -1.72. The van der Waals surface area contributed by atoms with E-state index in [9.17, 15) is 14.4 Å². The molecule has 0 spiro atoms. The zero-order valence-electron chi connectivity index (χ0n) is 15.7. The molecule has 1 aromatic carbocycles. The molecule has 1 aromatic heterocycles. The Hall–Kier alpha value is -3.37. The number of nitriles is 1. The second-order valence-electron chi connectivity index (χ2n) is 6.23. The molecule has 2 N–H and O–H groups in total. The first-order valence-corrected chi connectivity index (χ1v) is 9.12. The Bertz CT molecular complexity index is 1070. The van der Waals surface area contributed by atoms with E-state index in [1.165, 1.54) is 12.3 Å². The molecule has 3 rings (SSSR count). The van der Waals surface area contributed by atoms with Crippen LogP contribution >= 0.6 is 11.6 Å². The second kappa shape index (κ2) is 8.33. The first-order chi connectivity index (χ1) is 13.9. The van der Waals surface area contributed by atoms with E-state index >= 15 is 0 Å². The van der Waals surface area contributed by atoms with Crippen LogP contribution in [0, 0.1) is 17.1 Å². The average Bonchev–Trinajstić information content (AvgIpc) is 2.70. The first kappa shape index (κ1) is 20.4. The number of esters is 1. The lowest BCUT2D eigenvalue weighted by Crippen LogP contribution is -2.25. The van der Waals surface area contributed by atoms with E-state index in [-0.39, 0.29) is 34.5 Å². The second-order valence-corrected chi connectivity index (χ2v) is 6.59. The smallest absolute Gasteiger partial charge is 0.338 e. The highest BCUT2D eigenvalue weighted by Crippen LogP contribution is 2.40. The van der Waals surface area contributed by atoms with Gasteiger partial charge in [-0.2, -0.15) is 5.26 Å². The number of carbonyl (C=O) groups is 1. The highest BCUT2D eigenvalue weighted by Gasteiger charge is 2.36. The number of allylic oxidation sites excluding steroid dienone is 2. The Morgan fingerprint density at radius 3 is 2.66 bits per heavy atom. The molecule has 6 nitrogen and oxygen atoms in total. The molecule has 1 atom stereocenters. The molecule has 1 aliphatic rings. The summed E-state index contributed by atoms with van der Waals surface area (Å²) >= 11 is 5.63. The Morgan fingerprint density at radius 2 is 2.07 bits per heavy atom. The standard InChI is InChI=1S/C21H17ClFN3O3/c1-3-28-21(27)17-11(2)29-20(25)15(9-24)18(17)13-6-4-12(5-7-13)14-8-16(23)19(22)26-10-14/h4-8,10,18H,3,25H2,1-2H3. The lowest BCUT2D eigenvalue weighted by molar-refractivity contribution is -0.139. The first-order valence-electron chi connectivity index (χ1n) is 8.74. The van der Waals surface area contributed by atoms with Gasteiger partial charge in [0.2, 0.25) is 5.88 Å². The molecule has 0 saturated heterocycles. The van der Waals surface area contributed by atoms with E-state index in [4.69, 9.17) is 26.8 Å². The Kier molecular flexibility index (Phi) is 5.85. The largest absolute Gasteiger partial charge is 0.463 e. The molecule has 1 aliphatic heterocycles. The van der Waals surface area contributed by atoms with Gasteiger partial charge < -0.3 is 15.2 Å². The number of carbonyl (C=O) groups excluding carboxylic acids is 1. The van der Waals surface area contributed by atoms with Gasteiger partial charge >= 0.3 is 5.97 Å². The van der Waals surface area contributed by atoms with Crippen LogP contribution in [0.1, 0.15) is 25.3 Å². The summed E-state index contributed by atoms with van der Waals surface area (Å²) in [6, 6.07) is 10.2. The molecular weight excluding hydrogens is 397 g/mol. The molecular formula is C21H17ClFN3O3. The van der Waals surface area contributed by atoms with Crippen LogP contribution in [-0.2, 0) is 14.3 Å². The van der Waals surface area contributed by atoms with Crippen molar-refractivity contribution in [2.75, 3.05) is 6.61 Å². The maximum absolute atomic E-state index is 13.7. The van der Waals surface area contributed by atoms with Crippen LogP contribution in [0.2, 0.25) is 5.15 Å². The predicted octanol–water partition coefficient (Wildman–Crippen LogP) is 4.19. The van der Waals surface area contributed by atoms with E-state index in [1.807, 2.05) is 6.07 Å². The van der Waals surface area contributed by atoms with E-state index in [1.54, 1.807) is 38.1 Å². The number of rotatable bonds is 4. The number of hydrogen-bond donors (Lipinski definition) is 1. The number of ether oxygens (including phenoxy) is 2. The summed E-state index contributed by atoms with van der Waals surface area (Å²) in [5, 5.41) is 9.39. The topological polar surface area (TPSA) is 98.2 Å². The quantitative estimate of drug-likeness (QED) is 0.596. The summed E-state index contributed by atoms with van der Waals surface area (Å²) < 4.78 is 24.2. The van der Waals surface area contributed by atoms with Gasteiger partial charge in [0.05, 0.1) is 18.1 Å². The molecule has 2 aromatic rings. The third-order valence-electron chi connectivity index (χ3n) is 4.47. The zero-order chi connectivity index (χ0) is 21.1. The number of nitrogens with zero attached hydrogens (tertiary/aromatic N) is 2. The van der Waals surface area contributed by atoms with Crippen molar-refractivity contribution < 1.29 is 18.7 Å². The van der Waals surface area contributed by atoms with Crippen molar-refractivity contribution in [3.05, 3.63) is 75.9 Å². The summed E-state index contributed by atoms with van der Waals surface area (Å²) in [6.07, 6.45) is 1.46. The van der Waals surface area contributed by atoms with Gasteiger partial charge in [0.25, 0.3) is 0 Å². The Labute approximate surface area is 172 Å².